The van der Waals surface area contributed by atoms with E-state index >= 15 is 0 Å². The van der Waals surface area contributed by atoms with Gasteiger partial charge in [0.25, 0.3) is 0 Å². The highest BCUT2D eigenvalue weighted by Gasteiger charge is 2.26. The van der Waals surface area contributed by atoms with Crippen LogP contribution in [0.25, 0.3) is 0 Å². The Balaban J connectivity index is 2.72. The molecule has 1 aromatic carbocycles. The third-order valence-electron chi connectivity index (χ3n) is 3.11. The molecule has 0 aliphatic heterocycles. The van der Waals surface area contributed by atoms with Gasteiger partial charge in [0.05, 0.1) is 5.41 Å². The zero-order chi connectivity index (χ0) is 14.5. The summed E-state index contributed by atoms with van der Waals surface area (Å²) in [5.74, 6) is -0.422. The summed E-state index contributed by atoms with van der Waals surface area (Å²) in [5, 5.41) is 5.70. The molecule has 1 aromatic rings. The van der Waals surface area contributed by atoms with Crippen LogP contribution in [-0.4, -0.2) is 25.4 Å². The maximum Gasteiger partial charge on any atom is 0.227 e. The first-order chi connectivity index (χ1) is 8.87. The monoisotopic (exact) mass is 263 g/mol. The van der Waals surface area contributed by atoms with Crippen LogP contribution in [0.4, 0.5) is 5.69 Å². The van der Waals surface area contributed by atoms with Gasteiger partial charge in [-0.1, -0.05) is 12.1 Å². The number of hydrogen-bond donors (Lipinski definition) is 3. The van der Waals surface area contributed by atoms with Gasteiger partial charge in [0, 0.05) is 18.7 Å². The summed E-state index contributed by atoms with van der Waals surface area (Å²) >= 11 is 0. The molecule has 0 aliphatic rings. The fourth-order valence-corrected chi connectivity index (χ4v) is 1.57. The van der Waals surface area contributed by atoms with Crippen LogP contribution in [0.15, 0.2) is 24.3 Å². The zero-order valence-electron chi connectivity index (χ0n) is 11.6. The molecule has 0 saturated heterocycles. The van der Waals surface area contributed by atoms with Crippen molar-refractivity contribution >= 4 is 17.5 Å². The maximum absolute atomic E-state index is 11.5. The molecule has 19 heavy (non-hydrogen) atoms. The van der Waals surface area contributed by atoms with Crippen molar-refractivity contribution in [1.82, 2.24) is 5.32 Å². The van der Waals surface area contributed by atoms with Crippen molar-refractivity contribution < 1.29 is 9.59 Å². The highest BCUT2D eigenvalue weighted by atomic mass is 16.2. The van der Waals surface area contributed by atoms with E-state index in [-0.39, 0.29) is 11.8 Å². The lowest BCUT2D eigenvalue weighted by molar-refractivity contribution is -0.122. The van der Waals surface area contributed by atoms with Crippen molar-refractivity contribution in [3.8, 4) is 0 Å². The van der Waals surface area contributed by atoms with Crippen LogP contribution in [-0.2, 0) is 15.0 Å². The Kier molecular flexibility index (Phi) is 5.06. The molecule has 0 bridgehead atoms. The fourth-order valence-electron chi connectivity index (χ4n) is 1.57. The van der Waals surface area contributed by atoms with Gasteiger partial charge in [-0.15, -0.1) is 0 Å². The van der Waals surface area contributed by atoms with Crippen LogP contribution in [0.1, 0.15) is 25.8 Å². The molecule has 104 valence electrons. The quantitative estimate of drug-likeness (QED) is 0.716. The number of carbonyl (C=O) groups excluding carboxylic acids is 2. The number of anilines is 1. The van der Waals surface area contributed by atoms with Gasteiger partial charge < -0.3 is 16.4 Å². The SMILES string of the molecule is CNCCC(=O)Nc1ccc(C(C)(C)C(N)=O)cc1. The van der Waals surface area contributed by atoms with Gasteiger partial charge in [-0.25, -0.2) is 0 Å². The largest absolute Gasteiger partial charge is 0.369 e. The van der Waals surface area contributed by atoms with Gasteiger partial charge in [-0.2, -0.15) is 0 Å². The van der Waals surface area contributed by atoms with E-state index in [1.165, 1.54) is 0 Å². The van der Waals surface area contributed by atoms with Crippen LogP contribution >= 0.6 is 0 Å². The second kappa shape index (κ2) is 6.33. The molecular weight excluding hydrogens is 242 g/mol. The molecule has 0 heterocycles. The topological polar surface area (TPSA) is 84.2 Å². The number of benzene rings is 1. The number of nitrogens with one attached hydrogen (secondary N) is 2. The minimum atomic E-state index is -0.714. The molecule has 0 fully saturated rings. The summed E-state index contributed by atoms with van der Waals surface area (Å²) in [7, 11) is 1.80. The van der Waals surface area contributed by atoms with Gasteiger partial charge in [0.1, 0.15) is 0 Å². The Morgan fingerprint density at radius 1 is 1.21 bits per heavy atom. The molecule has 5 heteroatoms. The van der Waals surface area contributed by atoms with E-state index in [0.717, 1.165) is 5.56 Å². The first kappa shape index (κ1) is 15.2. The summed E-state index contributed by atoms with van der Waals surface area (Å²) in [5.41, 5.74) is 6.19. The fraction of sp³-hybridized carbons (Fsp3) is 0.429. The summed E-state index contributed by atoms with van der Waals surface area (Å²) < 4.78 is 0. The number of hydrogen-bond acceptors (Lipinski definition) is 3. The number of carbonyl (C=O) groups is 2. The average molecular weight is 263 g/mol. The molecule has 0 unspecified atom stereocenters. The predicted molar refractivity (Wildman–Crippen MR) is 75.8 cm³/mol. The minimum absolute atomic E-state index is 0.0451. The number of nitrogens with two attached hydrogens (primary N) is 1. The second-order valence-electron chi connectivity index (χ2n) is 4.97. The van der Waals surface area contributed by atoms with Crippen molar-refractivity contribution in [3.05, 3.63) is 29.8 Å². The summed E-state index contributed by atoms with van der Waals surface area (Å²) in [6.07, 6.45) is 0.422. The van der Waals surface area contributed by atoms with Gasteiger partial charge in [0.15, 0.2) is 0 Å². The molecule has 2 amide bonds. The van der Waals surface area contributed by atoms with Crippen molar-refractivity contribution in [1.29, 1.82) is 0 Å². The molecule has 1 rings (SSSR count). The average Bonchev–Trinajstić information content (AvgIpc) is 2.36. The number of primary amides is 1. The first-order valence-corrected chi connectivity index (χ1v) is 6.23. The van der Waals surface area contributed by atoms with E-state index in [1.807, 2.05) is 0 Å². The van der Waals surface area contributed by atoms with E-state index in [4.69, 9.17) is 5.73 Å². The lowest BCUT2D eigenvalue weighted by Crippen LogP contribution is -2.35. The Hall–Kier alpha value is -1.88. The molecule has 0 aromatic heterocycles. The van der Waals surface area contributed by atoms with Gasteiger partial charge in [0.2, 0.25) is 11.8 Å². The first-order valence-electron chi connectivity index (χ1n) is 6.23. The summed E-state index contributed by atoms with van der Waals surface area (Å²) in [6, 6.07) is 7.16. The van der Waals surface area contributed by atoms with Crippen LogP contribution in [0.2, 0.25) is 0 Å². The minimum Gasteiger partial charge on any atom is -0.369 e. The predicted octanol–water partition coefficient (Wildman–Crippen LogP) is 0.997. The highest BCUT2D eigenvalue weighted by Crippen LogP contribution is 2.24. The Morgan fingerprint density at radius 2 is 1.79 bits per heavy atom. The van der Waals surface area contributed by atoms with E-state index in [9.17, 15) is 9.59 Å². The van der Waals surface area contributed by atoms with E-state index in [1.54, 1.807) is 45.2 Å². The molecule has 0 radical (unpaired) electrons. The van der Waals surface area contributed by atoms with Gasteiger partial charge in [-0.05, 0) is 38.6 Å². The van der Waals surface area contributed by atoms with Gasteiger partial charge >= 0.3 is 0 Å². The third-order valence-corrected chi connectivity index (χ3v) is 3.11. The zero-order valence-corrected chi connectivity index (χ0v) is 11.6. The molecule has 5 nitrogen and oxygen atoms in total. The van der Waals surface area contributed by atoms with Crippen molar-refractivity contribution in [2.75, 3.05) is 18.9 Å². The lowest BCUT2D eigenvalue weighted by atomic mass is 9.84. The lowest BCUT2D eigenvalue weighted by Gasteiger charge is -2.21. The molecule has 4 N–H and O–H groups in total. The molecule has 0 aliphatic carbocycles. The van der Waals surface area contributed by atoms with Crippen molar-refractivity contribution in [3.63, 3.8) is 0 Å². The highest BCUT2D eigenvalue weighted by molar-refractivity contribution is 5.91. The standard InChI is InChI=1S/C14H21N3O2/c1-14(2,13(15)19)10-4-6-11(7-5-10)17-12(18)8-9-16-3/h4-7,16H,8-9H2,1-3H3,(H2,15,19)(H,17,18). The Morgan fingerprint density at radius 3 is 2.26 bits per heavy atom. The second-order valence-corrected chi connectivity index (χ2v) is 4.97. The normalized spacial score (nSPS) is 11.1. The molecule has 0 spiro atoms. The van der Waals surface area contributed by atoms with Gasteiger partial charge in [-0.3, -0.25) is 9.59 Å². The van der Waals surface area contributed by atoms with Crippen LogP contribution in [0.3, 0.4) is 0 Å². The summed E-state index contributed by atoms with van der Waals surface area (Å²) in [4.78, 5) is 22.9. The van der Waals surface area contributed by atoms with Crippen LogP contribution in [0.5, 0.6) is 0 Å². The maximum atomic E-state index is 11.5. The van der Waals surface area contributed by atoms with Crippen molar-refractivity contribution in [2.45, 2.75) is 25.7 Å². The molecule has 0 atom stereocenters. The van der Waals surface area contributed by atoms with E-state index < -0.39 is 5.41 Å². The van der Waals surface area contributed by atoms with Crippen molar-refractivity contribution in [2.24, 2.45) is 5.73 Å². The van der Waals surface area contributed by atoms with E-state index in [0.29, 0.717) is 18.7 Å². The van der Waals surface area contributed by atoms with Crippen LogP contribution < -0.4 is 16.4 Å². The summed E-state index contributed by atoms with van der Waals surface area (Å²) in [6.45, 7) is 4.18. The number of rotatable bonds is 6. The van der Waals surface area contributed by atoms with Crippen LogP contribution in [0, 0.1) is 0 Å². The molecular formula is C14H21N3O2. The Labute approximate surface area is 113 Å². The Bertz CT molecular complexity index is 452. The third kappa shape index (κ3) is 4.06. The van der Waals surface area contributed by atoms with E-state index in [2.05, 4.69) is 10.6 Å². The number of amides is 2. The molecule has 0 saturated carbocycles. The smallest absolute Gasteiger partial charge is 0.227 e.